The van der Waals surface area contributed by atoms with Gasteiger partial charge in [-0.05, 0) is 53.1 Å². The molecule has 2 unspecified atom stereocenters. The highest BCUT2D eigenvalue weighted by molar-refractivity contribution is 5.89. The smallest absolute Gasteiger partial charge is 0.337 e. The second-order valence-electron chi connectivity index (χ2n) is 8.10. The first-order valence-corrected chi connectivity index (χ1v) is 10.7. The lowest BCUT2D eigenvalue weighted by atomic mass is 9.90. The van der Waals surface area contributed by atoms with Gasteiger partial charge in [0.1, 0.15) is 0 Å². The van der Waals surface area contributed by atoms with E-state index in [1.807, 2.05) is 24.3 Å². The van der Waals surface area contributed by atoms with Crippen LogP contribution >= 0.6 is 0 Å². The quantitative estimate of drug-likeness (QED) is 0.488. The van der Waals surface area contributed by atoms with Gasteiger partial charge in [-0.1, -0.05) is 55.5 Å². The summed E-state index contributed by atoms with van der Waals surface area (Å²) in [7, 11) is 3.18. The molecule has 4 rings (SSSR count). The summed E-state index contributed by atoms with van der Waals surface area (Å²) in [5.74, 6) is 0.0545. The predicted octanol–water partition coefficient (Wildman–Crippen LogP) is 5.36. The minimum absolute atomic E-state index is 0.134. The van der Waals surface area contributed by atoms with E-state index in [0.29, 0.717) is 11.5 Å². The maximum Gasteiger partial charge on any atom is 0.337 e. The van der Waals surface area contributed by atoms with E-state index in [2.05, 4.69) is 60.2 Å². The number of methoxy groups -OCH3 is 2. The molecule has 0 saturated heterocycles. The van der Waals surface area contributed by atoms with Crippen LogP contribution < -0.4 is 0 Å². The third kappa shape index (κ3) is 4.49. The van der Waals surface area contributed by atoms with Gasteiger partial charge in [-0.15, -0.1) is 0 Å². The van der Waals surface area contributed by atoms with Crippen LogP contribution in [0.5, 0.6) is 0 Å². The monoisotopic (exact) mass is 415 g/mol. The Morgan fingerprint density at radius 2 is 1.84 bits per heavy atom. The second kappa shape index (κ2) is 9.36. The number of allylic oxidation sites excluding steroid dienone is 2. The molecule has 1 aliphatic carbocycles. The van der Waals surface area contributed by atoms with Crippen molar-refractivity contribution < 1.29 is 14.3 Å². The third-order valence-electron chi connectivity index (χ3n) is 6.24. The van der Waals surface area contributed by atoms with Crippen LogP contribution in [0.25, 0.3) is 10.9 Å². The average Bonchev–Trinajstić information content (AvgIpc) is 3.22. The number of hydrogen-bond acceptors (Lipinski definition) is 3. The normalized spacial score (nSPS) is 18.2. The van der Waals surface area contributed by atoms with Gasteiger partial charge in [0.2, 0.25) is 0 Å². The molecule has 0 spiro atoms. The summed E-state index contributed by atoms with van der Waals surface area (Å²) in [5, 5.41) is 1.27. The van der Waals surface area contributed by atoms with Crippen molar-refractivity contribution in [3.05, 3.63) is 95.2 Å². The summed E-state index contributed by atoms with van der Waals surface area (Å²) >= 11 is 0. The van der Waals surface area contributed by atoms with E-state index in [1.165, 1.54) is 34.7 Å². The number of ether oxygens (including phenoxy) is 2. The fraction of sp³-hybridized carbons (Fsp3) is 0.296. The van der Waals surface area contributed by atoms with Gasteiger partial charge in [-0.3, -0.25) is 0 Å². The van der Waals surface area contributed by atoms with Gasteiger partial charge in [0.15, 0.2) is 0 Å². The van der Waals surface area contributed by atoms with Crippen molar-refractivity contribution in [2.24, 2.45) is 5.92 Å². The Labute approximate surface area is 183 Å². The molecule has 2 atom stereocenters. The van der Waals surface area contributed by atoms with Gasteiger partial charge in [-0.25, -0.2) is 4.79 Å². The number of fused-ring (bicyclic) bond motifs is 1. The summed E-state index contributed by atoms with van der Waals surface area (Å²) < 4.78 is 12.8. The zero-order valence-corrected chi connectivity index (χ0v) is 18.4. The van der Waals surface area contributed by atoms with Gasteiger partial charge < -0.3 is 14.0 Å². The Morgan fingerprint density at radius 3 is 2.58 bits per heavy atom. The molecular formula is C27H29NO3. The molecule has 0 N–H and O–H groups in total. The van der Waals surface area contributed by atoms with Crippen LogP contribution in [0, 0.1) is 5.92 Å². The molecule has 0 saturated carbocycles. The van der Waals surface area contributed by atoms with E-state index in [1.54, 1.807) is 7.11 Å². The fourth-order valence-corrected chi connectivity index (χ4v) is 4.37. The van der Waals surface area contributed by atoms with E-state index in [-0.39, 0.29) is 12.1 Å². The van der Waals surface area contributed by atoms with Crippen molar-refractivity contribution in [1.82, 2.24) is 4.57 Å². The number of rotatable bonds is 7. The number of aryl methyl sites for hydroxylation is 2. The first-order chi connectivity index (χ1) is 15.1. The summed E-state index contributed by atoms with van der Waals surface area (Å²) in [4.78, 5) is 11.6. The fourth-order valence-electron chi connectivity index (χ4n) is 4.37. The maximum atomic E-state index is 11.6. The lowest BCUT2D eigenvalue weighted by Gasteiger charge is -2.26. The van der Waals surface area contributed by atoms with Gasteiger partial charge in [0.05, 0.1) is 24.3 Å². The van der Waals surface area contributed by atoms with Crippen molar-refractivity contribution in [2.75, 3.05) is 14.2 Å². The molecule has 1 aliphatic rings. The molecule has 0 radical (unpaired) electrons. The lowest BCUT2D eigenvalue weighted by Crippen LogP contribution is -2.24. The van der Waals surface area contributed by atoms with Gasteiger partial charge in [0.25, 0.3) is 0 Å². The third-order valence-corrected chi connectivity index (χ3v) is 6.24. The standard InChI is InChI=1S/C27H29NO3/c1-19-24(8-5-9-25(19)30-2)18-28-17-16-22-7-4-6-21(26(22)28)13-10-20-11-14-23(15-12-20)27(29)31-3/h4-9,11-12,14-17,19,25H,10,13,18H2,1-3H3. The van der Waals surface area contributed by atoms with Gasteiger partial charge in [-0.2, -0.15) is 0 Å². The number of carbonyl (C=O) groups excluding carboxylic acids is 1. The SMILES string of the molecule is COC(=O)c1ccc(CCc2cccc3ccn(CC4=CC=CC(OC)C4C)c23)cc1. The number of nitrogens with zero attached hydrogens (tertiary/aromatic N) is 1. The largest absolute Gasteiger partial charge is 0.465 e. The molecule has 31 heavy (non-hydrogen) atoms. The lowest BCUT2D eigenvalue weighted by molar-refractivity contribution is 0.0600. The molecule has 160 valence electrons. The number of hydrogen-bond donors (Lipinski definition) is 0. The van der Waals surface area contributed by atoms with Gasteiger partial charge >= 0.3 is 5.97 Å². The molecule has 0 aliphatic heterocycles. The van der Waals surface area contributed by atoms with E-state index < -0.39 is 0 Å². The Balaban J connectivity index is 1.54. The summed E-state index contributed by atoms with van der Waals surface area (Å²) in [5.41, 5.74) is 5.80. The summed E-state index contributed by atoms with van der Waals surface area (Å²) in [6.45, 7) is 3.09. The van der Waals surface area contributed by atoms with Crippen molar-refractivity contribution >= 4 is 16.9 Å². The van der Waals surface area contributed by atoms with Crippen LogP contribution in [-0.2, 0) is 28.9 Å². The van der Waals surface area contributed by atoms with Crippen LogP contribution in [-0.4, -0.2) is 30.9 Å². The molecule has 2 aromatic carbocycles. The first-order valence-electron chi connectivity index (χ1n) is 10.7. The molecule has 0 bridgehead atoms. The molecule has 0 fully saturated rings. The van der Waals surface area contributed by atoms with Crippen LogP contribution in [0.1, 0.15) is 28.4 Å². The van der Waals surface area contributed by atoms with Crippen LogP contribution in [0.2, 0.25) is 0 Å². The minimum atomic E-state index is -0.300. The molecule has 4 heteroatoms. The zero-order chi connectivity index (χ0) is 21.8. The van der Waals surface area contributed by atoms with Crippen molar-refractivity contribution in [3.63, 3.8) is 0 Å². The van der Waals surface area contributed by atoms with Crippen LogP contribution in [0.3, 0.4) is 0 Å². The number of carbonyl (C=O) groups is 1. The number of aromatic nitrogens is 1. The first kappa shape index (κ1) is 21.1. The number of esters is 1. The highest BCUT2D eigenvalue weighted by Crippen LogP contribution is 2.28. The zero-order valence-electron chi connectivity index (χ0n) is 18.4. The highest BCUT2D eigenvalue weighted by Gasteiger charge is 2.21. The second-order valence-corrected chi connectivity index (χ2v) is 8.10. The number of para-hydroxylation sites is 1. The van der Waals surface area contributed by atoms with E-state index in [9.17, 15) is 4.79 Å². The topological polar surface area (TPSA) is 40.5 Å². The van der Waals surface area contributed by atoms with Crippen LogP contribution in [0.15, 0.2) is 78.5 Å². The number of benzene rings is 2. The highest BCUT2D eigenvalue weighted by atomic mass is 16.5. The Kier molecular flexibility index (Phi) is 6.38. The van der Waals surface area contributed by atoms with Crippen LogP contribution in [0.4, 0.5) is 0 Å². The Hall–Kier alpha value is -3.11. The molecule has 1 aromatic heterocycles. The molecule has 1 heterocycles. The maximum absolute atomic E-state index is 11.6. The Morgan fingerprint density at radius 1 is 1.03 bits per heavy atom. The van der Waals surface area contributed by atoms with Gasteiger partial charge in [0, 0.05) is 25.8 Å². The van der Waals surface area contributed by atoms with Crippen molar-refractivity contribution in [2.45, 2.75) is 32.4 Å². The average molecular weight is 416 g/mol. The van der Waals surface area contributed by atoms with Crippen molar-refractivity contribution in [1.29, 1.82) is 0 Å². The summed E-state index contributed by atoms with van der Waals surface area (Å²) in [6, 6.07) is 16.4. The predicted molar refractivity (Wildman–Crippen MR) is 124 cm³/mol. The molecule has 3 aromatic rings. The molecule has 0 amide bonds. The van der Waals surface area contributed by atoms with E-state index in [0.717, 1.165) is 19.4 Å². The molecular weight excluding hydrogens is 386 g/mol. The summed E-state index contributed by atoms with van der Waals surface area (Å²) in [6.07, 6.45) is 10.6. The minimum Gasteiger partial charge on any atom is -0.465 e. The van der Waals surface area contributed by atoms with E-state index in [4.69, 9.17) is 9.47 Å². The van der Waals surface area contributed by atoms with Crippen molar-refractivity contribution in [3.8, 4) is 0 Å². The molecule has 4 nitrogen and oxygen atoms in total. The Bertz CT molecular complexity index is 1120. The van der Waals surface area contributed by atoms with E-state index >= 15 is 0 Å².